The van der Waals surface area contributed by atoms with E-state index in [9.17, 15) is 0 Å². The quantitative estimate of drug-likeness (QED) is 0.257. The first-order chi connectivity index (χ1) is 16.1. The summed E-state index contributed by atoms with van der Waals surface area (Å²) < 4.78 is 13.1. The van der Waals surface area contributed by atoms with E-state index in [-0.39, 0.29) is 10.1 Å². The number of nitrogens with zero attached hydrogens (tertiary/aromatic N) is 1. The van der Waals surface area contributed by atoms with Gasteiger partial charge < -0.3 is 13.8 Å². The molecule has 0 atom stereocenters. The average Bonchev–Trinajstić information content (AvgIpc) is 2.76. The predicted octanol–water partition coefficient (Wildman–Crippen LogP) is 9.05. The molecule has 0 unspecified atom stereocenters. The van der Waals surface area contributed by atoms with Crippen LogP contribution in [0.15, 0.2) is 24.3 Å². The molecule has 0 saturated heterocycles. The molecule has 0 aromatic heterocycles. The minimum absolute atomic E-state index is 0.239. The smallest absolute Gasteiger partial charge is 0.192 e. The second-order valence-corrected chi connectivity index (χ2v) is 23.5. The Kier molecular flexibility index (Phi) is 11.1. The van der Waals surface area contributed by atoms with Gasteiger partial charge in [0.2, 0.25) is 0 Å². The van der Waals surface area contributed by atoms with Crippen LogP contribution in [-0.2, 0) is 15.3 Å². The van der Waals surface area contributed by atoms with Gasteiger partial charge in [0.1, 0.15) is 0 Å². The Morgan fingerprint density at radius 3 is 1.63 bits per heavy atom. The zero-order chi connectivity index (χ0) is 26.3. The van der Waals surface area contributed by atoms with Gasteiger partial charge in [0.05, 0.1) is 13.2 Å². The fourth-order valence-corrected chi connectivity index (χ4v) is 6.41. The summed E-state index contributed by atoms with van der Waals surface area (Å²) in [7, 11) is -3.49. The lowest BCUT2D eigenvalue weighted by Crippen LogP contribution is -2.44. The van der Waals surface area contributed by atoms with Crippen LogP contribution in [0.5, 0.6) is 0 Å². The molecule has 1 aliphatic carbocycles. The molecule has 1 aromatic carbocycles. The zero-order valence-corrected chi connectivity index (χ0v) is 26.9. The summed E-state index contributed by atoms with van der Waals surface area (Å²) >= 11 is 0. The minimum atomic E-state index is -1.75. The maximum absolute atomic E-state index is 6.54. The Balaban J connectivity index is 2.01. The topological polar surface area (TPSA) is 21.7 Å². The molecule has 3 nitrogen and oxygen atoms in total. The maximum atomic E-state index is 6.54. The standard InChI is InChI=1S/C30H57NO2Si2/c1-29(2,3)34(7,8)32-24-22-31(23-25-33-35(9,10)30(4,5)6)28-20-18-27(19-21-28)17-16-26-14-12-11-13-15-26/h18-21,26H,11-17,22-25H2,1-10H3. The molecule has 2 rings (SSSR count). The first-order valence-corrected chi connectivity index (χ1v) is 20.1. The van der Waals surface area contributed by atoms with Gasteiger partial charge in [-0.15, -0.1) is 0 Å². The van der Waals surface area contributed by atoms with Crippen LogP contribution >= 0.6 is 0 Å². The van der Waals surface area contributed by atoms with E-state index in [1.165, 1.54) is 56.2 Å². The van der Waals surface area contributed by atoms with Gasteiger partial charge in [0, 0.05) is 18.8 Å². The summed E-state index contributed by atoms with van der Waals surface area (Å²) in [6.45, 7) is 26.7. The summed E-state index contributed by atoms with van der Waals surface area (Å²) in [5.41, 5.74) is 2.78. The summed E-state index contributed by atoms with van der Waals surface area (Å²) in [6, 6.07) is 9.37. The van der Waals surface area contributed by atoms with Gasteiger partial charge in [0.15, 0.2) is 16.6 Å². The first kappa shape index (κ1) is 30.6. The van der Waals surface area contributed by atoms with Crippen molar-refractivity contribution in [3.8, 4) is 0 Å². The van der Waals surface area contributed by atoms with Gasteiger partial charge >= 0.3 is 0 Å². The molecule has 0 bridgehead atoms. The van der Waals surface area contributed by atoms with Gasteiger partial charge in [-0.2, -0.15) is 0 Å². The van der Waals surface area contributed by atoms with Crippen LogP contribution in [0.3, 0.4) is 0 Å². The van der Waals surface area contributed by atoms with Gasteiger partial charge in [-0.1, -0.05) is 85.8 Å². The van der Waals surface area contributed by atoms with Crippen molar-refractivity contribution in [1.29, 1.82) is 0 Å². The van der Waals surface area contributed by atoms with E-state index >= 15 is 0 Å². The van der Waals surface area contributed by atoms with Gasteiger partial charge in [0.25, 0.3) is 0 Å². The van der Waals surface area contributed by atoms with E-state index in [4.69, 9.17) is 8.85 Å². The largest absolute Gasteiger partial charge is 0.415 e. The summed E-state index contributed by atoms with van der Waals surface area (Å²) in [5.74, 6) is 0.944. The SMILES string of the molecule is CC(C)(C)[Si](C)(C)OCCN(CCO[Si](C)(C)C(C)(C)C)c1ccc(CCC2CCCCC2)cc1. The van der Waals surface area contributed by atoms with Crippen LogP contribution in [0.2, 0.25) is 36.3 Å². The lowest BCUT2D eigenvalue weighted by atomic mass is 9.85. The fraction of sp³-hybridized carbons (Fsp3) is 0.800. The van der Waals surface area contributed by atoms with Crippen molar-refractivity contribution >= 4 is 22.3 Å². The third-order valence-electron chi connectivity index (χ3n) is 9.13. The van der Waals surface area contributed by atoms with E-state index in [1.807, 2.05) is 0 Å². The molecule has 35 heavy (non-hydrogen) atoms. The van der Waals surface area contributed by atoms with Crippen molar-refractivity contribution in [2.24, 2.45) is 5.92 Å². The molecule has 0 amide bonds. The highest BCUT2D eigenvalue weighted by atomic mass is 28.4. The summed E-state index contributed by atoms with van der Waals surface area (Å²) in [6.07, 6.45) is 9.76. The number of hydrogen-bond donors (Lipinski definition) is 0. The highest BCUT2D eigenvalue weighted by Crippen LogP contribution is 2.37. The minimum Gasteiger partial charge on any atom is -0.415 e. The molecular weight excluding hydrogens is 463 g/mol. The van der Waals surface area contributed by atoms with Crippen LogP contribution in [0.1, 0.15) is 85.6 Å². The highest BCUT2D eigenvalue weighted by Gasteiger charge is 2.38. The predicted molar refractivity (Wildman–Crippen MR) is 160 cm³/mol. The highest BCUT2D eigenvalue weighted by molar-refractivity contribution is 6.74. The first-order valence-electron chi connectivity index (χ1n) is 14.2. The van der Waals surface area contributed by atoms with E-state index < -0.39 is 16.6 Å². The van der Waals surface area contributed by atoms with Gasteiger partial charge in [-0.05, 0) is 72.7 Å². The Morgan fingerprint density at radius 1 is 0.743 bits per heavy atom. The molecule has 1 aromatic rings. The molecule has 1 aliphatic rings. The number of rotatable bonds is 12. The fourth-order valence-electron chi connectivity index (χ4n) is 4.35. The van der Waals surface area contributed by atoms with Crippen molar-refractivity contribution in [2.45, 2.75) is 123 Å². The van der Waals surface area contributed by atoms with Crippen LogP contribution < -0.4 is 4.90 Å². The number of anilines is 1. The van der Waals surface area contributed by atoms with Crippen molar-refractivity contribution < 1.29 is 8.85 Å². The maximum Gasteiger partial charge on any atom is 0.192 e. The third-order valence-corrected chi connectivity index (χ3v) is 18.2. The number of hydrogen-bond acceptors (Lipinski definition) is 3. The molecule has 202 valence electrons. The van der Waals surface area contributed by atoms with Crippen molar-refractivity contribution in [3.05, 3.63) is 29.8 Å². The Hall–Kier alpha value is -0.626. The van der Waals surface area contributed by atoms with E-state index in [0.29, 0.717) is 0 Å². The lowest BCUT2D eigenvalue weighted by Gasteiger charge is -2.38. The molecule has 0 spiro atoms. The second-order valence-electron chi connectivity index (χ2n) is 13.9. The van der Waals surface area contributed by atoms with Crippen LogP contribution in [0.4, 0.5) is 5.69 Å². The second kappa shape index (κ2) is 12.8. The van der Waals surface area contributed by atoms with Gasteiger partial charge in [-0.3, -0.25) is 0 Å². The molecular formula is C30H57NO2Si2. The molecule has 0 aliphatic heterocycles. The molecule has 0 heterocycles. The van der Waals surface area contributed by atoms with E-state index in [1.54, 1.807) is 0 Å². The normalized spacial score (nSPS) is 16.5. The monoisotopic (exact) mass is 519 g/mol. The molecule has 5 heteroatoms. The number of aryl methyl sites for hydroxylation is 1. The Morgan fingerprint density at radius 2 is 1.20 bits per heavy atom. The summed E-state index contributed by atoms with van der Waals surface area (Å²) in [4.78, 5) is 2.48. The number of benzene rings is 1. The summed E-state index contributed by atoms with van der Waals surface area (Å²) in [5, 5.41) is 0.479. The molecule has 1 saturated carbocycles. The van der Waals surface area contributed by atoms with Crippen LogP contribution in [0, 0.1) is 5.92 Å². The van der Waals surface area contributed by atoms with Gasteiger partial charge in [-0.25, -0.2) is 0 Å². The van der Waals surface area contributed by atoms with Crippen molar-refractivity contribution in [2.75, 3.05) is 31.2 Å². The van der Waals surface area contributed by atoms with E-state index in [2.05, 4.69) is 96.9 Å². The Bertz CT molecular complexity index is 709. The molecule has 0 N–H and O–H groups in total. The molecule has 1 fully saturated rings. The van der Waals surface area contributed by atoms with Crippen molar-refractivity contribution in [1.82, 2.24) is 0 Å². The Labute approximate surface area is 220 Å². The van der Waals surface area contributed by atoms with Crippen molar-refractivity contribution in [3.63, 3.8) is 0 Å². The van der Waals surface area contributed by atoms with Crippen LogP contribution in [-0.4, -0.2) is 42.9 Å². The molecule has 0 radical (unpaired) electrons. The third kappa shape index (κ3) is 9.64. The van der Waals surface area contributed by atoms with Crippen LogP contribution in [0.25, 0.3) is 0 Å². The lowest BCUT2D eigenvalue weighted by molar-refractivity contribution is 0.276. The zero-order valence-electron chi connectivity index (χ0n) is 24.9. The van der Waals surface area contributed by atoms with E-state index in [0.717, 1.165) is 32.2 Å². The average molecular weight is 520 g/mol.